The largest absolute Gasteiger partial charge is 0.348 e. The molecule has 0 bridgehead atoms. The predicted octanol–water partition coefficient (Wildman–Crippen LogP) is 5.40. The summed E-state index contributed by atoms with van der Waals surface area (Å²) < 4.78 is 0. The summed E-state index contributed by atoms with van der Waals surface area (Å²) in [4.78, 5) is 28.3. The summed E-state index contributed by atoms with van der Waals surface area (Å²) in [5, 5.41) is 7.56. The lowest BCUT2D eigenvalue weighted by atomic mass is 10.1. The fourth-order valence-electron chi connectivity index (χ4n) is 2.94. The standard InChI is InChI=1S/C22H31N3O2S/c1-2-3-4-5-6-7-8-9-13-16-23-20(26)21(27)25-22-24-19(17-28-22)18-14-11-10-12-15-18/h10-12,14-15,17H,2-9,13,16H2,1H3,(H,23,26)(H,24,25,27). The molecule has 2 aromatic rings. The third-order valence-corrected chi connectivity index (χ3v) is 5.32. The minimum absolute atomic E-state index is 0.432. The first-order valence-electron chi connectivity index (χ1n) is 10.3. The normalized spacial score (nSPS) is 10.6. The lowest BCUT2D eigenvalue weighted by Gasteiger charge is -2.05. The van der Waals surface area contributed by atoms with Gasteiger partial charge in [0.1, 0.15) is 0 Å². The van der Waals surface area contributed by atoms with Crippen LogP contribution in [0.3, 0.4) is 0 Å². The van der Waals surface area contributed by atoms with Crippen LogP contribution < -0.4 is 10.6 Å². The fourth-order valence-corrected chi connectivity index (χ4v) is 3.66. The number of carbonyl (C=O) groups excluding carboxylic acids is 2. The number of rotatable bonds is 12. The van der Waals surface area contributed by atoms with Gasteiger partial charge in [0.2, 0.25) is 0 Å². The highest BCUT2D eigenvalue weighted by atomic mass is 32.1. The van der Waals surface area contributed by atoms with E-state index >= 15 is 0 Å². The van der Waals surface area contributed by atoms with E-state index in [1.807, 2.05) is 35.7 Å². The molecular formula is C22H31N3O2S. The molecule has 0 aliphatic carbocycles. The van der Waals surface area contributed by atoms with Gasteiger partial charge in [0, 0.05) is 17.5 Å². The second kappa shape index (κ2) is 13.0. The Hall–Kier alpha value is -2.21. The van der Waals surface area contributed by atoms with E-state index in [2.05, 4.69) is 22.5 Å². The van der Waals surface area contributed by atoms with Gasteiger partial charge in [-0.15, -0.1) is 11.3 Å². The topological polar surface area (TPSA) is 71.1 Å². The molecule has 0 radical (unpaired) electrons. The highest BCUT2D eigenvalue weighted by molar-refractivity contribution is 7.14. The number of anilines is 1. The van der Waals surface area contributed by atoms with Crippen molar-refractivity contribution in [2.75, 3.05) is 11.9 Å². The molecule has 0 unspecified atom stereocenters. The lowest BCUT2D eigenvalue weighted by molar-refractivity contribution is -0.136. The molecular weight excluding hydrogens is 370 g/mol. The monoisotopic (exact) mass is 401 g/mol. The molecule has 0 atom stereocenters. The van der Waals surface area contributed by atoms with Gasteiger partial charge in [-0.05, 0) is 6.42 Å². The molecule has 152 valence electrons. The summed E-state index contributed by atoms with van der Waals surface area (Å²) in [5.74, 6) is -1.26. The molecule has 2 amide bonds. The second-order valence-electron chi connectivity index (χ2n) is 6.94. The number of thiazole rings is 1. The first-order valence-corrected chi connectivity index (χ1v) is 11.2. The van der Waals surface area contributed by atoms with E-state index in [1.165, 1.54) is 56.3 Å². The van der Waals surface area contributed by atoms with E-state index in [1.54, 1.807) is 0 Å². The van der Waals surface area contributed by atoms with Crippen LogP contribution in [0.2, 0.25) is 0 Å². The quantitative estimate of drug-likeness (QED) is 0.370. The zero-order chi connectivity index (χ0) is 20.0. The first-order chi connectivity index (χ1) is 13.7. The second-order valence-corrected chi connectivity index (χ2v) is 7.80. The third kappa shape index (κ3) is 8.21. The Morgan fingerprint density at radius 3 is 2.21 bits per heavy atom. The Morgan fingerprint density at radius 2 is 1.54 bits per heavy atom. The van der Waals surface area contributed by atoms with E-state index in [4.69, 9.17) is 0 Å². The number of hydrogen-bond acceptors (Lipinski definition) is 4. The Morgan fingerprint density at radius 1 is 0.893 bits per heavy atom. The average Bonchev–Trinajstić information content (AvgIpc) is 3.18. The zero-order valence-corrected chi connectivity index (χ0v) is 17.5. The van der Waals surface area contributed by atoms with Gasteiger partial charge in [-0.1, -0.05) is 88.6 Å². The van der Waals surface area contributed by atoms with Crippen molar-refractivity contribution in [3.05, 3.63) is 35.7 Å². The number of nitrogens with zero attached hydrogens (tertiary/aromatic N) is 1. The Kier molecular flexibility index (Phi) is 10.3. The van der Waals surface area contributed by atoms with Crippen molar-refractivity contribution in [2.24, 2.45) is 0 Å². The van der Waals surface area contributed by atoms with Crippen molar-refractivity contribution >= 4 is 28.3 Å². The molecule has 2 rings (SSSR count). The van der Waals surface area contributed by atoms with Crippen LogP contribution in [0, 0.1) is 0 Å². The van der Waals surface area contributed by atoms with E-state index in [0.717, 1.165) is 24.1 Å². The maximum atomic E-state index is 12.0. The smallest absolute Gasteiger partial charge is 0.315 e. The molecule has 2 N–H and O–H groups in total. The van der Waals surface area contributed by atoms with Gasteiger partial charge in [-0.2, -0.15) is 0 Å². The summed E-state index contributed by atoms with van der Waals surface area (Å²) in [6.45, 7) is 2.77. The van der Waals surface area contributed by atoms with Gasteiger partial charge in [0.15, 0.2) is 5.13 Å². The van der Waals surface area contributed by atoms with Crippen molar-refractivity contribution < 1.29 is 9.59 Å². The highest BCUT2D eigenvalue weighted by Crippen LogP contribution is 2.24. The Bertz CT molecular complexity index is 716. The Labute approximate surface area is 172 Å². The SMILES string of the molecule is CCCCCCCCCCCNC(=O)C(=O)Nc1nc(-c2ccccc2)cs1. The summed E-state index contributed by atoms with van der Waals surface area (Å²) >= 11 is 1.31. The minimum Gasteiger partial charge on any atom is -0.348 e. The van der Waals surface area contributed by atoms with Crippen molar-refractivity contribution in [2.45, 2.75) is 64.7 Å². The van der Waals surface area contributed by atoms with Gasteiger partial charge in [0.25, 0.3) is 0 Å². The number of hydrogen-bond donors (Lipinski definition) is 2. The molecule has 28 heavy (non-hydrogen) atoms. The number of unbranched alkanes of at least 4 members (excludes halogenated alkanes) is 8. The van der Waals surface area contributed by atoms with E-state index in [9.17, 15) is 9.59 Å². The average molecular weight is 402 g/mol. The number of amides is 2. The molecule has 0 aliphatic rings. The zero-order valence-electron chi connectivity index (χ0n) is 16.7. The molecule has 0 fully saturated rings. The van der Waals surface area contributed by atoms with Gasteiger partial charge in [0.05, 0.1) is 5.69 Å². The number of aromatic nitrogens is 1. The fraction of sp³-hybridized carbons (Fsp3) is 0.500. The van der Waals surface area contributed by atoms with Crippen LogP contribution in [0.5, 0.6) is 0 Å². The molecule has 0 saturated heterocycles. The van der Waals surface area contributed by atoms with Crippen LogP contribution >= 0.6 is 11.3 Å². The molecule has 1 aromatic carbocycles. The van der Waals surface area contributed by atoms with Crippen LogP contribution in [0.1, 0.15) is 64.7 Å². The van der Waals surface area contributed by atoms with Crippen molar-refractivity contribution in [1.29, 1.82) is 0 Å². The number of carbonyl (C=O) groups is 2. The summed E-state index contributed by atoms with van der Waals surface area (Å²) in [6.07, 6.45) is 11.0. The molecule has 0 saturated carbocycles. The van der Waals surface area contributed by atoms with Crippen molar-refractivity contribution in [1.82, 2.24) is 10.3 Å². The number of benzene rings is 1. The van der Waals surface area contributed by atoms with Crippen LogP contribution in [0.15, 0.2) is 35.7 Å². The van der Waals surface area contributed by atoms with Crippen LogP contribution in [-0.2, 0) is 9.59 Å². The molecule has 5 nitrogen and oxygen atoms in total. The molecule has 0 spiro atoms. The van der Waals surface area contributed by atoms with Crippen LogP contribution in [-0.4, -0.2) is 23.3 Å². The van der Waals surface area contributed by atoms with Crippen molar-refractivity contribution in [3.8, 4) is 11.3 Å². The molecule has 6 heteroatoms. The molecule has 0 aliphatic heterocycles. The highest BCUT2D eigenvalue weighted by Gasteiger charge is 2.15. The maximum Gasteiger partial charge on any atom is 0.315 e. The van der Waals surface area contributed by atoms with E-state index < -0.39 is 11.8 Å². The van der Waals surface area contributed by atoms with Gasteiger partial charge >= 0.3 is 11.8 Å². The van der Waals surface area contributed by atoms with Crippen LogP contribution in [0.4, 0.5) is 5.13 Å². The first kappa shape index (κ1) is 22.1. The maximum absolute atomic E-state index is 12.0. The lowest BCUT2D eigenvalue weighted by Crippen LogP contribution is -2.35. The predicted molar refractivity (Wildman–Crippen MR) is 116 cm³/mol. The number of nitrogens with one attached hydrogen (secondary N) is 2. The summed E-state index contributed by atoms with van der Waals surface area (Å²) in [6, 6.07) is 9.73. The summed E-state index contributed by atoms with van der Waals surface area (Å²) in [7, 11) is 0. The molecule has 1 aromatic heterocycles. The van der Waals surface area contributed by atoms with Gasteiger partial charge in [-0.25, -0.2) is 4.98 Å². The van der Waals surface area contributed by atoms with Crippen molar-refractivity contribution in [3.63, 3.8) is 0 Å². The summed E-state index contributed by atoms with van der Waals surface area (Å²) in [5.41, 5.74) is 1.77. The van der Waals surface area contributed by atoms with E-state index in [0.29, 0.717) is 11.7 Å². The third-order valence-electron chi connectivity index (χ3n) is 4.57. The van der Waals surface area contributed by atoms with Gasteiger partial charge in [-0.3, -0.25) is 14.9 Å². The van der Waals surface area contributed by atoms with Gasteiger partial charge < -0.3 is 5.32 Å². The Balaban J connectivity index is 1.58. The minimum atomic E-state index is -0.662. The van der Waals surface area contributed by atoms with Crippen LogP contribution in [0.25, 0.3) is 11.3 Å². The molecule has 1 heterocycles. The van der Waals surface area contributed by atoms with E-state index in [-0.39, 0.29) is 0 Å².